The number of carbonyl (C=O) groups excluding carboxylic acids is 1. The molecule has 1 heterocycles. The number of rotatable bonds is 6. The molecule has 5 heteroatoms. The largest absolute Gasteiger partial charge is 0.372 e. The molecule has 0 unspecified atom stereocenters. The topological polar surface area (TPSA) is 38.8 Å². The zero-order chi connectivity index (χ0) is 19.9. The molecule has 0 bridgehead atoms. The number of nitrogens with one attached hydrogen (secondary N) is 1. The van der Waals surface area contributed by atoms with Gasteiger partial charge in [0.1, 0.15) is 0 Å². The van der Waals surface area contributed by atoms with Gasteiger partial charge >= 0.3 is 6.03 Å². The lowest BCUT2D eigenvalue weighted by Crippen LogP contribution is -2.49. The summed E-state index contributed by atoms with van der Waals surface area (Å²) in [5.41, 5.74) is 4.52. The molecule has 0 atom stereocenters. The lowest BCUT2D eigenvalue weighted by atomic mass is 10.1. The molecule has 2 amide bonds. The fourth-order valence-electron chi connectivity index (χ4n) is 3.72. The number of carbonyl (C=O) groups is 1. The van der Waals surface area contributed by atoms with Crippen LogP contribution in [0.1, 0.15) is 25.0 Å². The van der Waals surface area contributed by atoms with Gasteiger partial charge in [-0.1, -0.05) is 30.3 Å². The van der Waals surface area contributed by atoms with Crippen LogP contribution in [-0.4, -0.2) is 55.1 Å². The highest BCUT2D eigenvalue weighted by atomic mass is 16.2. The number of aryl methyl sites for hydroxylation is 1. The lowest BCUT2D eigenvalue weighted by molar-refractivity contribution is 0.143. The highest BCUT2D eigenvalue weighted by Gasteiger charge is 2.21. The van der Waals surface area contributed by atoms with Crippen LogP contribution >= 0.6 is 0 Å². The number of urea groups is 1. The van der Waals surface area contributed by atoms with Crippen LogP contribution in [0.5, 0.6) is 0 Å². The second kappa shape index (κ2) is 9.60. The zero-order valence-corrected chi connectivity index (χ0v) is 17.3. The van der Waals surface area contributed by atoms with Crippen molar-refractivity contribution in [1.82, 2.24) is 9.80 Å². The van der Waals surface area contributed by atoms with Crippen molar-refractivity contribution >= 4 is 17.4 Å². The van der Waals surface area contributed by atoms with Gasteiger partial charge in [-0.05, 0) is 50.1 Å². The Morgan fingerprint density at radius 3 is 2.29 bits per heavy atom. The first kappa shape index (κ1) is 20.2. The number of benzene rings is 2. The third-order valence-electron chi connectivity index (χ3n) is 5.49. The van der Waals surface area contributed by atoms with Crippen LogP contribution in [0.3, 0.4) is 0 Å². The standard InChI is InChI=1S/C23H32N4O/c1-4-26(5-2)21-11-12-22(19(3)17-21)24-23(28)27-15-13-25(14-16-27)18-20-9-7-6-8-10-20/h6-12,17H,4-5,13-16,18H2,1-3H3,(H,24,28). The van der Waals surface area contributed by atoms with Crippen molar-refractivity contribution in [3.05, 3.63) is 59.7 Å². The smallest absolute Gasteiger partial charge is 0.321 e. The number of amides is 2. The number of piperazine rings is 1. The van der Waals surface area contributed by atoms with Crippen LogP contribution in [0.25, 0.3) is 0 Å². The summed E-state index contributed by atoms with van der Waals surface area (Å²) in [6.45, 7) is 12.6. The minimum atomic E-state index is -0.00181. The molecule has 1 aliphatic heterocycles. The van der Waals surface area contributed by atoms with Crippen LogP contribution in [0.4, 0.5) is 16.2 Å². The van der Waals surface area contributed by atoms with Gasteiger partial charge < -0.3 is 15.1 Å². The first-order valence-corrected chi connectivity index (χ1v) is 10.3. The summed E-state index contributed by atoms with van der Waals surface area (Å²) >= 11 is 0. The average Bonchev–Trinajstić information content (AvgIpc) is 2.72. The summed E-state index contributed by atoms with van der Waals surface area (Å²) in [4.78, 5) is 19.3. The molecule has 2 aromatic rings. The summed E-state index contributed by atoms with van der Waals surface area (Å²) < 4.78 is 0. The molecule has 0 spiro atoms. The van der Waals surface area contributed by atoms with Gasteiger partial charge in [0.15, 0.2) is 0 Å². The second-order valence-corrected chi connectivity index (χ2v) is 7.35. The van der Waals surface area contributed by atoms with E-state index in [4.69, 9.17) is 0 Å². The Labute approximate surface area is 168 Å². The van der Waals surface area contributed by atoms with Crippen LogP contribution in [-0.2, 0) is 6.54 Å². The van der Waals surface area contributed by atoms with E-state index in [-0.39, 0.29) is 6.03 Å². The first-order chi connectivity index (χ1) is 13.6. The van der Waals surface area contributed by atoms with E-state index in [0.29, 0.717) is 0 Å². The maximum atomic E-state index is 12.7. The van der Waals surface area contributed by atoms with Gasteiger partial charge in [0.25, 0.3) is 0 Å². The lowest BCUT2D eigenvalue weighted by Gasteiger charge is -2.34. The number of hydrogen-bond acceptors (Lipinski definition) is 3. The van der Waals surface area contributed by atoms with Gasteiger partial charge in [0.05, 0.1) is 0 Å². The minimum Gasteiger partial charge on any atom is -0.372 e. The van der Waals surface area contributed by atoms with Gasteiger partial charge in [0, 0.05) is 57.2 Å². The van der Waals surface area contributed by atoms with E-state index in [0.717, 1.165) is 57.1 Å². The van der Waals surface area contributed by atoms with E-state index in [2.05, 4.69) is 72.3 Å². The molecule has 1 fully saturated rings. The van der Waals surface area contributed by atoms with Gasteiger partial charge in [-0.3, -0.25) is 4.90 Å². The van der Waals surface area contributed by atoms with Gasteiger partial charge in [-0.2, -0.15) is 0 Å². The number of hydrogen-bond donors (Lipinski definition) is 1. The average molecular weight is 381 g/mol. The van der Waals surface area contributed by atoms with Crippen LogP contribution in [0.2, 0.25) is 0 Å². The monoisotopic (exact) mass is 380 g/mol. The van der Waals surface area contributed by atoms with Gasteiger partial charge in [0.2, 0.25) is 0 Å². The van der Waals surface area contributed by atoms with Crippen molar-refractivity contribution in [3.8, 4) is 0 Å². The molecule has 0 aliphatic carbocycles. The molecular formula is C23H32N4O. The van der Waals surface area contributed by atoms with E-state index >= 15 is 0 Å². The maximum Gasteiger partial charge on any atom is 0.321 e. The fraction of sp³-hybridized carbons (Fsp3) is 0.435. The van der Waals surface area contributed by atoms with E-state index in [1.165, 1.54) is 11.3 Å². The highest BCUT2D eigenvalue weighted by molar-refractivity contribution is 5.90. The Balaban J connectivity index is 1.53. The summed E-state index contributed by atoms with van der Waals surface area (Å²) in [7, 11) is 0. The molecule has 0 saturated carbocycles. The Kier molecular flexibility index (Phi) is 6.93. The Morgan fingerprint density at radius 1 is 1.00 bits per heavy atom. The third-order valence-corrected chi connectivity index (χ3v) is 5.49. The summed E-state index contributed by atoms with van der Waals surface area (Å²) in [6.07, 6.45) is 0. The third kappa shape index (κ3) is 5.04. The summed E-state index contributed by atoms with van der Waals surface area (Å²) in [5.74, 6) is 0. The van der Waals surface area contributed by atoms with E-state index in [1.807, 2.05) is 17.0 Å². The van der Waals surface area contributed by atoms with Crippen molar-refractivity contribution in [2.45, 2.75) is 27.3 Å². The predicted molar refractivity (Wildman–Crippen MR) is 117 cm³/mol. The quantitative estimate of drug-likeness (QED) is 0.817. The molecule has 2 aromatic carbocycles. The zero-order valence-electron chi connectivity index (χ0n) is 17.3. The normalized spacial score (nSPS) is 14.8. The van der Waals surface area contributed by atoms with Crippen molar-refractivity contribution < 1.29 is 4.79 Å². The number of nitrogens with zero attached hydrogens (tertiary/aromatic N) is 3. The van der Waals surface area contributed by atoms with Crippen molar-refractivity contribution in [2.24, 2.45) is 0 Å². The summed E-state index contributed by atoms with van der Waals surface area (Å²) in [6, 6.07) is 16.8. The van der Waals surface area contributed by atoms with E-state index in [9.17, 15) is 4.79 Å². The molecule has 3 rings (SSSR count). The van der Waals surface area contributed by atoms with Crippen molar-refractivity contribution in [3.63, 3.8) is 0 Å². The highest BCUT2D eigenvalue weighted by Crippen LogP contribution is 2.23. The van der Waals surface area contributed by atoms with Crippen molar-refractivity contribution in [1.29, 1.82) is 0 Å². The van der Waals surface area contributed by atoms with Crippen LogP contribution in [0.15, 0.2) is 48.5 Å². The van der Waals surface area contributed by atoms with Crippen LogP contribution < -0.4 is 10.2 Å². The fourth-order valence-corrected chi connectivity index (χ4v) is 3.72. The van der Waals surface area contributed by atoms with E-state index < -0.39 is 0 Å². The predicted octanol–water partition coefficient (Wildman–Crippen LogP) is 4.19. The second-order valence-electron chi connectivity index (χ2n) is 7.35. The molecule has 1 saturated heterocycles. The van der Waals surface area contributed by atoms with Crippen LogP contribution in [0, 0.1) is 6.92 Å². The maximum absolute atomic E-state index is 12.7. The van der Waals surface area contributed by atoms with Crippen molar-refractivity contribution in [2.75, 3.05) is 49.5 Å². The first-order valence-electron chi connectivity index (χ1n) is 10.3. The molecule has 0 radical (unpaired) electrons. The summed E-state index contributed by atoms with van der Waals surface area (Å²) in [5, 5.41) is 3.10. The Bertz CT molecular complexity index is 765. The molecule has 0 aromatic heterocycles. The Morgan fingerprint density at radius 2 is 1.68 bits per heavy atom. The molecule has 28 heavy (non-hydrogen) atoms. The van der Waals surface area contributed by atoms with Gasteiger partial charge in [-0.15, -0.1) is 0 Å². The molecule has 1 N–H and O–H groups in total. The molecule has 150 valence electrons. The molecular weight excluding hydrogens is 348 g/mol. The van der Waals surface area contributed by atoms with Gasteiger partial charge in [-0.25, -0.2) is 4.79 Å². The molecule has 1 aliphatic rings. The Hall–Kier alpha value is -2.53. The SMILES string of the molecule is CCN(CC)c1ccc(NC(=O)N2CCN(Cc3ccccc3)CC2)c(C)c1. The minimum absolute atomic E-state index is 0.00181. The van der Waals surface area contributed by atoms with E-state index in [1.54, 1.807) is 0 Å². The number of anilines is 2. The molecule has 5 nitrogen and oxygen atoms in total.